The summed E-state index contributed by atoms with van der Waals surface area (Å²) < 4.78 is 5.47. The molecule has 0 aromatic carbocycles. The molecule has 0 rings (SSSR count). The average Bonchev–Trinajstić information content (AvgIpc) is 2.20. The molecule has 0 aromatic heterocycles. The summed E-state index contributed by atoms with van der Waals surface area (Å²) in [5.74, 6) is 3.20. The normalized spacial score (nSPS) is 13.4. The van der Waals surface area contributed by atoms with Gasteiger partial charge < -0.3 is 10.1 Å². The first-order valence-corrected chi connectivity index (χ1v) is 7.25. The second-order valence-electron chi connectivity index (χ2n) is 4.24. The maximum atomic E-state index is 5.47. The zero-order valence-electron chi connectivity index (χ0n) is 10.7. The van der Waals surface area contributed by atoms with E-state index < -0.39 is 0 Å². The summed E-state index contributed by atoms with van der Waals surface area (Å²) in [5, 5.41) is 3.53. The van der Waals surface area contributed by atoms with Gasteiger partial charge >= 0.3 is 0 Å². The Hall–Kier alpha value is 0.270. The summed E-state index contributed by atoms with van der Waals surface area (Å²) in [6.45, 7) is 11.6. The van der Waals surface area contributed by atoms with Crippen molar-refractivity contribution in [1.82, 2.24) is 5.32 Å². The van der Waals surface area contributed by atoms with Crippen molar-refractivity contribution in [3.8, 4) is 0 Å². The van der Waals surface area contributed by atoms with Crippen molar-refractivity contribution < 1.29 is 4.74 Å². The number of rotatable bonds is 10. The largest absolute Gasteiger partial charge is 0.380 e. The first-order valence-electron chi connectivity index (χ1n) is 6.09. The first-order chi connectivity index (χ1) is 7.20. The summed E-state index contributed by atoms with van der Waals surface area (Å²) in [5.41, 5.74) is 0. The molecular formula is C12H27NOS. The van der Waals surface area contributed by atoms with E-state index in [-0.39, 0.29) is 0 Å². The van der Waals surface area contributed by atoms with Crippen LogP contribution >= 0.6 is 11.8 Å². The zero-order valence-corrected chi connectivity index (χ0v) is 11.5. The monoisotopic (exact) mass is 233 g/mol. The highest BCUT2D eigenvalue weighted by molar-refractivity contribution is 7.99. The number of hydrogen-bond acceptors (Lipinski definition) is 3. The van der Waals surface area contributed by atoms with E-state index >= 15 is 0 Å². The summed E-state index contributed by atoms with van der Waals surface area (Å²) in [6.07, 6.45) is 1.19. The third-order valence-electron chi connectivity index (χ3n) is 1.98. The fourth-order valence-electron chi connectivity index (χ4n) is 1.22. The van der Waals surface area contributed by atoms with Crippen LogP contribution in [0.4, 0.5) is 0 Å². The maximum Gasteiger partial charge on any atom is 0.0627 e. The van der Waals surface area contributed by atoms with Gasteiger partial charge in [-0.25, -0.2) is 0 Å². The standard InChI is InChI=1S/C12H27NOS/c1-5-7-13-12(8-14-6-2)10-15-9-11(3)4/h11-13H,5-10H2,1-4H3. The minimum absolute atomic E-state index is 0.522. The van der Waals surface area contributed by atoms with E-state index in [0.29, 0.717) is 6.04 Å². The van der Waals surface area contributed by atoms with E-state index in [4.69, 9.17) is 4.74 Å². The van der Waals surface area contributed by atoms with Crippen molar-refractivity contribution >= 4 is 11.8 Å². The van der Waals surface area contributed by atoms with Gasteiger partial charge in [-0.15, -0.1) is 0 Å². The van der Waals surface area contributed by atoms with Gasteiger partial charge in [-0.3, -0.25) is 0 Å². The van der Waals surface area contributed by atoms with Crippen LogP contribution in [0, 0.1) is 5.92 Å². The first kappa shape index (κ1) is 15.3. The molecule has 0 aliphatic heterocycles. The van der Waals surface area contributed by atoms with Crippen molar-refractivity contribution in [3.05, 3.63) is 0 Å². The summed E-state index contributed by atoms with van der Waals surface area (Å²) in [7, 11) is 0. The van der Waals surface area contributed by atoms with E-state index in [1.165, 1.54) is 12.2 Å². The molecular weight excluding hydrogens is 206 g/mol. The van der Waals surface area contributed by atoms with Gasteiger partial charge in [0.05, 0.1) is 6.61 Å². The van der Waals surface area contributed by atoms with E-state index in [1.807, 2.05) is 11.8 Å². The Bertz CT molecular complexity index is 123. The van der Waals surface area contributed by atoms with Crippen molar-refractivity contribution in [1.29, 1.82) is 0 Å². The minimum Gasteiger partial charge on any atom is -0.380 e. The Kier molecular flexibility index (Phi) is 11.0. The molecule has 2 nitrogen and oxygen atoms in total. The quantitative estimate of drug-likeness (QED) is 0.627. The van der Waals surface area contributed by atoms with Crippen molar-refractivity contribution in [3.63, 3.8) is 0 Å². The van der Waals surface area contributed by atoms with Crippen LogP contribution in [0.15, 0.2) is 0 Å². The fraction of sp³-hybridized carbons (Fsp3) is 1.00. The van der Waals surface area contributed by atoms with E-state index in [1.54, 1.807) is 0 Å². The van der Waals surface area contributed by atoms with Gasteiger partial charge in [0, 0.05) is 18.4 Å². The third kappa shape index (κ3) is 10.6. The molecule has 0 saturated heterocycles. The Morgan fingerprint density at radius 1 is 1.20 bits per heavy atom. The molecule has 1 unspecified atom stereocenters. The molecule has 0 bridgehead atoms. The highest BCUT2D eigenvalue weighted by atomic mass is 32.2. The molecule has 0 saturated carbocycles. The highest BCUT2D eigenvalue weighted by Crippen LogP contribution is 2.09. The van der Waals surface area contributed by atoms with Crippen LogP contribution < -0.4 is 5.32 Å². The molecule has 1 N–H and O–H groups in total. The van der Waals surface area contributed by atoms with Gasteiger partial charge in [-0.05, 0) is 31.6 Å². The van der Waals surface area contributed by atoms with Crippen LogP contribution in [0.1, 0.15) is 34.1 Å². The van der Waals surface area contributed by atoms with Gasteiger partial charge in [0.2, 0.25) is 0 Å². The lowest BCUT2D eigenvalue weighted by molar-refractivity contribution is 0.128. The highest BCUT2D eigenvalue weighted by Gasteiger charge is 2.07. The third-order valence-corrected chi connectivity index (χ3v) is 3.52. The molecule has 0 radical (unpaired) electrons. The van der Waals surface area contributed by atoms with Gasteiger partial charge in [0.1, 0.15) is 0 Å². The summed E-state index contributed by atoms with van der Waals surface area (Å²) >= 11 is 2.03. The van der Waals surface area contributed by atoms with E-state index in [9.17, 15) is 0 Å². The second-order valence-corrected chi connectivity index (χ2v) is 5.32. The average molecular weight is 233 g/mol. The molecule has 0 heterocycles. The number of thioether (sulfide) groups is 1. The second kappa shape index (κ2) is 10.8. The topological polar surface area (TPSA) is 21.3 Å². The Balaban J connectivity index is 3.58. The number of hydrogen-bond donors (Lipinski definition) is 1. The molecule has 15 heavy (non-hydrogen) atoms. The zero-order chi connectivity index (χ0) is 11.5. The Morgan fingerprint density at radius 2 is 1.93 bits per heavy atom. The number of ether oxygens (including phenoxy) is 1. The van der Waals surface area contributed by atoms with Gasteiger partial charge in [-0.1, -0.05) is 20.8 Å². The van der Waals surface area contributed by atoms with Crippen molar-refractivity contribution in [2.75, 3.05) is 31.3 Å². The molecule has 0 aliphatic carbocycles. The SMILES string of the molecule is CCCNC(COCC)CSCC(C)C. The summed E-state index contributed by atoms with van der Waals surface area (Å²) in [6, 6.07) is 0.522. The van der Waals surface area contributed by atoms with Crippen LogP contribution in [0.2, 0.25) is 0 Å². The predicted molar refractivity (Wildman–Crippen MR) is 70.7 cm³/mol. The van der Waals surface area contributed by atoms with Crippen LogP contribution in [0.25, 0.3) is 0 Å². The van der Waals surface area contributed by atoms with Crippen molar-refractivity contribution in [2.24, 2.45) is 5.92 Å². The molecule has 0 fully saturated rings. The lowest BCUT2D eigenvalue weighted by Gasteiger charge is -2.18. The minimum atomic E-state index is 0.522. The molecule has 1 atom stereocenters. The molecule has 0 amide bonds. The Morgan fingerprint density at radius 3 is 2.47 bits per heavy atom. The van der Waals surface area contributed by atoms with E-state index in [2.05, 4.69) is 33.0 Å². The molecule has 3 heteroatoms. The summed E-state index contributed by atoms with van der Waals surface area (Å²) in [4.78, 5) is 0. The van der Waals surface area contributed by atoms with Crippen LogP contribution in [0.3, 0.4) is 0 Å². The van der Waals surface area contributed by atoms with Crippen LogP contribution in [-0.4, -0.2) is 37.3 Å². The van der Waals surface area contributed by atoms with E-state index in [0.717, 1.165) is 31.4 Å². The van der Waals surface area contributed by atoms with Crippen molar-refractivity contribution in [2.45, 2.75) is 40.2 Å². The molecule has 0 aliphatic rings. The van der Waals surface area contributed by atoms with Crippen LogP contribution in [-0.2, 0) is 4.74 Å². The van der Waals surface area contributed by atoms with Gasteiger partial charge in [0.15, 0.2) is 0 Å². The maximum absolute atomic E-state index is 5.47. The lowest BCUT2D eigenvalue weighted by atomic mass is 10.3. The molecule has 0 aromatic rings. The smallest absolute Gasteiger partial charge is 0.0627 e. The number of nitrogens with one attached hydrogen (secondary N) is 1. The van der Waals surface area contributed by atoms with Crippen LogP contribution in [0.5, 0.6) is 0 Å². The molecule has 0 spiro atoms. The van der Waals surface area contributed by atoms with Gasteiger partial charge in [0.25, 0.3) is 0 Å². The lowest BCUT2D eigenvalue weighted by Crippen LogP contribution is -2.36. The van der Waals surface area contributed by atoms with Gasteiger partial charge in [-0.2, -0.15) is 11.8 Å². The Labute approximate surface area is 99.5 Å². The molecule has 92 valence electrons. The fourth-order valence-corrected chi connectivity index (χ4v) is 2.33. The predicted octanol–water partition coefficient (Wildman–Crippen LogP) is 2.78.